The minimum Gasteiger partial charge on any atom is -0.392 e. The van der Waals surface area contributed by atoms with Crippen LogP contribution in [-0.2, 0) is 13.0 Å². The average molecular weight is 329 g/mol. The van der Waals surface area contributed by atoms with Crippen molar-refractivity contribution in [3.05, 3.63) is 15.9 Å². The quantitative estimate of drug-likeness (QED) is 0.891. The smallest absolute Gasteiger partial charge is 0.0738 e. The molecule has 0 radical (unpaired) electrons. The molecule has 3 nitrogen and oxygen atoms in total. The fourth-order valence-electron chi connectivity index (χ4n) is 3.47. The number of rotatable bonds is 5. The maximum atomic E-state index is 10.7. The van der Waals surface area contributed by atoms with Crippen molar-refractivity contribution in [2.45, 2.75) is 71.9 Å². The van der Waals surface area contributed by atoms with Gasteiger partial charge in [0.25, 0.3) is 0 Å². The highest BCUT2D eigenvalue weighted by molar-refractivity contribution is 9.10. The maximum absolute atomic E-state index is 10.7. The molecular formula is C15H25BrN2O. The van der Waals surface area contributed by atoms with Gasteiger partial charge in [0.05, 0.1) is 22.0 Å². The summed E-state index contributed by atoms with van der Waals surface area (Å²) in [4.78, 5) is 0. The first-order valence-corrected chi connectivity index (χ1v) is 8.23. The van der Waals surface area contributed by atoms with Crippen LogP contribution in [-0.4, -0.2) is 21.0 Å². The molecule has 108 valence electrons. The molecule has 1 N–H and O–H groups in total. The van der Waals surface area contributed by atoms with Gasteiger partial charge in [0.15, 0.2) is 0 Å². The molecule has 19 heavy (non-hydrogen) atoms. The molecule has 1 aromatic heterocycles. The summed E-state index contributed by atoms with van der Waals surface area (Å²) in [6.07, 6.45) is 6.39. The minimum atomic E-state index is -0.252. The van der Waals surface area contributed by atoms with Crippen LogP contribution in [0.1, 0.15) is 57.3 Å². The van der Waals surface area contributed by atoms with E-state index in [9.17, 15) is 5.11 Å². The van der Waals surface area contributed by atoms with Crippen LogP contribution in [0.15, 0.2) is 4.47 Å². The summed E-state index contributed by atoms with van der Waals surface area (Å²) >= 11 is 3.62. The van der Waals surface area contributed by atoms with Crippen molar-refractivity contribution in [3.63, 3.8) is 0 Å². The second-order valence-electron chi connectivity index (χ2n) is 5.80. The molecule has 1 atom stereocenters. The van der Waals surface area contributed by atoms with Crippen LogP contribution < -0.4 is 0 Å². The number of hydrogen-bond acceptors (Lipinski definition) is 2. The van der Waals surface area contributed by atoms with Crippen molar-refractivity contribution in [2.75, 3.05) is 0 Å². The molecule has 2 rings (SSSR count). The number of aromatic nitrogens is 2. The molecule has 0 saturated heterocycles. The van der Waals surface area contributed by atoms with Crippen molar-refractivity contribution in [1.82, 2.24) is 9.78 Å². The third kappa shape index (κ3) is 2.75. The summed E-state index contributed by atoms with van der Waals surface area (Å²) in [5, 5.41) is 15.3. The lowest BCUT2D eigenvalue weighted by Crippen LogP contribution is -2.34. The number of aliphatic hydroxyl groups is 1. The molecule has 1 fully saturated rings. The first-order valence-electron chi connectivity index (χ1n) is 7.44. The van der Waals surface area contributed by atoms with Crippen molar-refractivity contribution in [1.29, 1.82) is 0 Å². The number of aliphatic hydroxyl groups excluding tert-OH is 1. The largest absolute Gasteiger partial charge is 0.392 e. The molecule has 1 aromatic rings. The Kier molecular flexibility index (Phi) is 4.72. The molecule has 0 spiro atoms. The summed E-state index contributed by atoms with van der Waals surface area (Å²) in [7, 11) is 0. The predicted octanol–water partition coefficient (Wildman–Crippen LogP) is 3.85. The highest BCUT2D eigenvalue weighted by Gasteiger charge is 2.39. The van der Waals surface area contributed by atoms with Crippen LogP contribution in [0.5, 0.6) is 0 Å². The van der Waals surface area contributed by atoms with Crippen molar-refractivity contribution < 1.29 is 5.11 Å². The SMILES string of the molecule is CCn1nc(C)c(Br)c1CC(O)C1(CC)CCCC1. The molecule has 1 aliphatic rings. The van der Waals surface area contributed by atoms with Crippen LogP contribution >= 0.6 is 15.9 Å². The van der Waals surface area contributed by atoms with Crippen LogP contribution in [0.4, 0.5) is 0 Å². The van der Waals surface area contributed by atoms with Crippen molar-refractivity contribution in [2.24, 2.45) is 5.41 Å². The predicted molar refractivity (Wildman–Crippen MR) is 81.2 cm³/mol. The van der Waals surface area contributed by atoms with E-state index in [1.807, 2.05) is 11.6 Å². The number of aryl methyl sites for hydroxylation is 2. The van der Waals surface area contributed by atoms with Gasteiger partial charge in [-0.1, -0.05) is 19.8 Å². The second-order valence-corrected chi connectivity index (χ2v) is 6.60. The highest BCUT2D eigenvalue weighted by Crippen LogP contribution is 2.45. The molecule has 0 aromatic carbocycles. The van der Waals surface area contributed by atoms with Crippen LogP contribution in [0, 0.1) is 12.3 Å². The molecule has 4 heteroatoms. The van der Waals surface area contributed by atoms with Gasteiger partial charge < -0.3 is 5.11 Å². The van der Waals surface area contributed by atoms with Crippen LogP contribution in [0.25, 0.3) is 0 Å². The van der Waals surface area contributed by atoms with E-state index in [1.54, 1.807) is 0 Å². The van der Waals surface area contributed by atoms with Gasteiger partial charge in [-0.05, 0) is 54.5 Å². The molecule has 1 heterocycles. The van der Waals surface area contributed by atoms with E-state index in [0.29, 0.717) is 6.42 Å². The van der Waals surface area contributed by atoms with Crippen LogP contribution in [0.3, 0.4) is 0 Å². The lowest BCUT2D eigenvalue weighted by Gasteiger charge is -2.33. The fraction of sp³-hybridized carbons (Fsp3) is 0.800. The van der Waals surface area contributed by atoms with Crippen molar-refractivity contribution in [3.8, 4) is 0 Å². The Morgan fingerprint density at radius 1 is 1.37 bits per heavy atom. The third-order valence-electron chi connectivity index (χ3n) is 4.85. The van der Waals surface area contributed by atoms with Gasteiger partial charge >= 0.3 is 0 Å². The van der Waals surface area contributed by atoms with Crippen LogP contribution in [0.2, 0.25) is 0 Å². The molecule has 0 aliphatic heterocycles. The zero-order chi connectivity index (χ0) is 14.0. The maximum Gasteiger partial charge on any atom is 0.0738 e. The van der Waals surface area contributed by atoms with E-state index < -0.39 is 0 Å². The Labute approximate surface area is 124 Å². The Morgan fingerprint density at radius 3 is 2.53 bits per heavy atom. The topological polar surface area (TPSA) is 38.0 Å². The molecule has 1 unspecified atom stereocenters. The first-order chi connectivity index (χ1) is 9.04. The van der Waals surface area contributed by atoms with E-state index in [0.717, 1.165) is 28.8 Å². The molecule has 1 aliphatic carbocycles. The highest BCUT2D eigenvalue weighted by atomic mass is 79.9. The van der Waals surface area contributed by atoms with E-state index in [1.165, 1.54) is 25.7 Å². The Hall–Kier alpha value is -0.350. The summed E-state index contributed by atoms with van der Waals surface area (Å²) < 4.78 is 3.08. The summed E-state index contributed by atoms with van der Waals surface area (Å²) in [6, 6.07) is 0. The summed E-state index contributed by atoms with van der Waals surface area (Å²) in [5.41, 5.74) is 2.30. The van der Waals surface area contributed by atoms with Gasteiger partial charge in [-0.15, -0.1) is 0 Å². The Balaban J connectivity index is 2.20. The Bertz CT molecular complexity index is 436. The molecule has 1 saturated carbocycles. The van der Waals surface area contributed by atoms with Crippen molar-refractivity contribution >= 4 is 15.9 Å². The van der Waals surface area contributed by atoms with Gasteiger partial charge in [0.1, 0.15) is 0 Å². The number of halogens is 1. The zero-order valence-corrected chi connectivity index (χ0v) is 13.8. The number of nitrogens with zero attached hydrogens (tertiary/aromatic N) is 2. The summed E-state index contributed by atoms with van der Waals surface area (Å²) in [5.74, 6) is 0. The average Bonchev–Trinajstić information content (AvgIpc) is 2.99. The lowest BCUT2D eigenvalue weighted by atomic mass is 9.76. The normalized spacial score (nSPS) is 19.8. The van der Waals surface area contributed by atoms with Gasteiger partial charge in [0.2, 0.25) is 0 Å². The van der Waals surface area contributed by atoms with Gasteiger partial charge in [-0.2, -0.15) is 5.10 Å². The van der Waals surface area contributed by atoms with E-state index in [-0.39, 0.29) is 11.5 Å². The molecule has 0 amide bonds. The van der Waals surface area contributed by atoms with E-state index in [4.69, 9.17) is 0 Å². The van der Waals surface area contributed by atoms with Gasteiger partial charge in [-0.3, -0.25) is 4.68 Å². The first kappa shape index (κ1) is 15.0. The second kappa shape index (κ2) is 5.96. The zero-order valence-electron chi connectivity index (χ0n) is 12.2. The third-order valence-corrected chi connectivity index (χ3v) is 5.88. The molecule has 0 bridgehead atoms. The Morgan fingerprint density at radius 2 is 2.00 bits per heavy atom. The lowest BCUT2D eigenvalue weighted by molar-refractivity contribution is 0.0242. The number of hydrogen-bond donors (Lipinski definition) is 1. The summed E-state index contributed by atoms with van der Waals surface area (Å²) in [6.45, 7) is 7.18. The van der Waals surface area contributed by atoms with E-state index in [2.05, 4.69) is 34.9 Å². The van der Waals surface area contributed by atoms with E-state index >= 15 is 0 Å². The van der Waals surface area contributed by atoms with Gasteiger partial charge in [-0.25, -0.2) is 0 Å². The fourth-order valence-corrected chi connectivity index (χ4v) is 3.91. The monoisotopic (exact) mass is 328 g/mol. The standard InChI is InChI=1S/C15H25BrN2O/c1-4-15(8-6-7-9-15)13(19)10-12-14(16)11(3)17-18(12)5-2/h13,19H,4-10H2,1-3H3. The minimum absolute atomic E-state index is 0.135. The molecular weight excluding hydrogens is 304 g/mol. The van der Waals surface area contributed by atoms with Gasteiger partial charge in [0, 0.05) is 13.0 Å².